The predicted molar refractivity (Wildman–Crippen MR) is 116 cm³/mol. The molecule has 0 saturated carbocycles. The lowest BCUT2D eigenvalue weighted by molar-refractivity contribution is -0.123. The van der Waals surface area contributed by atoms with Crippen molar-refractivity contribution in [1.29, 1.82) is 5.26 Å². The van der Waals surface area contributed by atoms with Crippen LogP contribution in [-0.2, 0) is 11.2 Å². The zero-order valence-corrected chi connectivity index (χ0v) is 16.9. The molecule has 0 unspecified atom stereocenters. The van der Waals surface area contributed by atoms with Crippen molar-refractivity contribution in [3.8, 4) is 6.07 Å². The number of rotatable bonds is 8. The average molecular weight is 402 g/mol. The summed E-state index contributed by atoms with van der Waals surface area (Å²) in [5.41, 5.74) is 7.49. The van der Waals surface area contributed by atoms with E-state index in [2.05, 4.69) is 11.4 Å². The van der Waals surface area contributed by atoms with E-state index >= 15 is 0 Å². The molecule has 1 radical (unpaired) electrons. The molecule has 3 rings (SSSR count). The first-order valence-electron chi connectivity index (χ1n) is 9.90. The Labute approximate surface area is 175 Å². The number of nitrogens with two attached hydrogens (primary N) is 1. The molecule has 0 aliphatic heterocycles. The number of hydrogen-bond acceptors (Lipinski definition) is 5. The zero-order valence-electron chi connectivity index (χ0n) is 16.9. The summed E-state index contributed by atoms with van der Waals surface area (Å²) in [4.78, 5) is 25.6. The van der Waals surface area contributed by atoms with E-state index in [9.17, 15) is 9.59 Å². The monoisotopic (exact) mass is 402 g/mol. The van der Waals surface area contributed by atoms with Gasteiger partial charge >= 0.3 is 0 Å². The zero-order chi connectivity index (χ0) is 21.5. The topological polar surface area (TPSA) is 109 Å². The van der Waals surface area contributed by atoms with Crippen LogP contribution in [-0.4, -0.2) is 19.0 Å². The molecular formula is C24H24N3O3. The summed E-state index contributed by atoms with van der Waals surface area (Å²) < 4.78 is 6.03. The molecule has 153 valence electrons. The van der Waals surface area contributed by atoms with E-state index in [0.717, 1.165) is 5.56 Å². The summed E-state index contributed by atoms with van der Waals surface area (Å²) in [5.74, 6) is -0.312. The van der Waals surface area contributed by atoms with E-state index in [1.54, 1.807) is 31.5 Å². The highest BCUT2D eigenvalue weighted by Crippen LogP contribution is 2.23. The van der Waals surface area contributed by atoms with Crippen molar-refractivity contribution in [2.45, 2.75) is 19.8 Å². The van der Waals surface area contributed by atoms with Crippen LogP contribution in [0.15, 0.2) is 57.7 Å². The number of nitriles is 1. The van der Waals surface area contributed by atoms with E-state index < -0.39 is 5.92 Å². The van der Waals surface area contributed by atoms with Crippen molar-refractivity contribution < 1.29 is 9.21 Å². The Hall–Kier alpha value is -3.43. The highest BCUT2D eigenvalue weighted by molar-refractivity contribution is 5.81. The van der Waals surface area contributed by atoms with Crippen LogP contribution in [0.5, 0.6) is 0 Å². The third-order valence-electron chi connectivity index (χ3n) is 4.87. The fraction of sp³-hybridized carbons (Fsp3) is 0.250. The summed E-state index contributed by atoms with van der Waals surface area (Å²) >= 11 is 0. The predicted octanol–water partition coefficient (Wildman–Crippen LogP) is 2.91. The van der Waals surface area contributed by atoms with E-state index in [-0.39, 0.29) is 11.3 Å². The van der Waals surface area contributed by atoms with Crippen molar-refractivity contribution in [3.63, 3.8) is 0 Å². The van der Waals surface area contributed by atoms with Gasteiger partial charge in [-0.15, -0.1) is 0 Å². The van der Waals surface area contributed by atoms with Gasteiger partial charge in [0, 0.05) is 30.9 Å². The van der Waals surface area contributed by atoms with Gasteiger partial charge in [0.1, 0.15) is 11.3 Å². The standard InChI is InChI=1S/C24H24N3O3/c1-16(24(29)27-11-5-10-25)12-21-20(13-17-6-3-2-4-7-17)23(28)19-9-8-18(15-26)14-22(19)30-21/h2-4,6-9,12,14,16H,5,10-11,13,25H2,1H3,(H,27,29)/t16-/m1/s1. The van der Waals surface area contributed by atoms with Crippen LogP contribution in [0.2, 0.25) is 0 Å². The van der Waals surface area contributed by atoms with Crippen LogP contribution in [0.3, 0.4) is 0 Å². The first kappa shape index (κ1) is 21.3. The molecule has 0 aliphatic carbocycles. The molecule has 1 atom stereocenters. The molecule has 3 aromatic rings. The van der Waals surface area contributed by atoms with Crippen LogP contribution in [0.1, 0.15) is 35.8 Å². The van der Waals surface area contributed by atoms with Crippen molar-refractivity contribution in [1.82, 2.24) is 5.32 Å². The Morgan fingerprint density at radius 2 is 2.03 bits per heavy atom. The normalized spacial score (nSPS) is 11.8. The van der Waals surface area contributed by atoms with Crippen molar-refractivity contribution in [3.05, 3.63) is 87.6 Å². The van der Waals surface area contributed by atoms with E-state index in [4.69, 9.17) is 15.4 Å². The molecule has 1 amide bonds. The van der Waals surface area contributed by atoms with Crippen molar-refractivity contribution in [2.24, 2.45) is 11.7 Å². The molecule has 0 saturated heterocycles. The number of carbonyl (C=O) groups excluding carboxylic acids is 1. The first-order chi connectivity index (χ1) is 14.5. The molecule has 1 heterocycles. The van der Waals surface area contributed by atoms with Crippen LogP contribution in [0, 0.1) is 23.7 Å². The second-order valence-corrected chi connectivity index (χ2v) is 7.15. The van der Waals surface area contributed by atoms with Gasteiger partial charge in [0.2, 0.25) is 5.91 Å². The average Bonchev–Trinajstić information content (AvgIpc) is 2.76. The molecule has 30 heavy (non-hydrogen) atoms. The van der Waals surface area contributed by atoms with Gasteiger partial charge in [0.05, 0.1) is 17.0 Å². The molecule has 0 fully saturated rings. The number of fused-ring (bicyclic) bond motifs is 1. The number of benzene rings is 2. The summed E-state index contributed by atoms with van der Waals surface area (Å²) in [6.07, 6.45) is 2.74. The maximum absolute atomic E-state index is 13.2. The third-order valence-corrected chi connectivity index (χ3v) is 4.87. The summed E-state index contributed by atoms with van der Waals surface area (Å²) in [6, 6.07) is 16.4. The first-order valence-corrected chi connectivity index (χ1v) is 9.90. The van der Waals surface area contributed by atoms with E-state index in [1.165, 1.54) is 0 Å². The van der Waals surface area contributed by atoms with E-state index in [0.29, 0.717) is 53.8 Å². The molecule has 6 nitrogen and oxygen atoms in total. The van der Waals surface area contributed by atoms with Gasteiger partial charge in [-0.25, -0.2) is 0 Å². The Kier molecular flexibility index (Phi) is 6.99. The summed E-state index contributed by atoms with van der Waals surface area (Å²) in [7, 11) is 0. The lowest BCUT2D eigenvalue weighted by atomic mass is 9.96. The number of nitrogens with zero attached hydrogens (tertiary/aromatic N) is 1. The minimum Gasteiger partial charge on any atom is -0.460 e. The molecular weight excluding hydrogens is 378 g/mol. The Morgan fingerprint density at radius 1 is 1.27 bits per heavy atom. The Balaban J connectivity index is 2.00. The largest absolute Gasteiger partial charge is 0.460 e. The molecule has 3 N–H and O–H groups in total. The van der Waals surface area contributed by atoms with Gasteiger partial charge < -0.3 is 15.5 Å². The minimum atomic E-state index is -0.503. The van der Waals surface area contributed by atoms with Gasteiger partial charge in [-0.2, -0.15) is 5.26 Å². The van der Waals surface area contributed by atoms with Gasteiger partial charge in [-0.3, -0.25) is 9.59 Å². The van der Waals surface area contributed by atoms with Gasteiger partial charge in [0.15, 0.2) is 5.43 Å². The fourth-order valence-corrected chi connectivity index (χ4v) is 3.20. The molecule has 0 bridgehead atoms. The number of hydrogen-bond donors (Lipinski definition) is 2. The maximum Gasteiger partial charge on any atom is 0.223 e. The van der Waals surface area contributed by atoms with Gasteiger partial charge in [-0.05, 0) is 36.7 Å². The molecule has 1 aromatic heterocycles. The van der Waals surface area contributed by atoms with Crippen molar-refractivity contribution >= 4 is 16.9 Å². The molecule has 2 aromatic carbocycles. The Morgan fingerprint density at radius 3 is 2.73 bits per heavy atom. The second-order valence-electron chi connectivity index (χ2n) is 7.15. The summed E-state index contributed by atoms with van der Waals surface area (Å²) in [6.45, 7) is 2.75. The minimum absolute atomic E-state index is 0.161. The van der Waals surface area contributed by atoms with Gasteiger partial charge in [-0.1, -0.05) is 37.3 Å². The van der Waals surface area contributed by atoms with Crippen molar-refractivity contribution in [2.75, 3.05) is 13.1 Å². The SMILES string of the molecule is C[C@H]([CH]c1oc2cc(C#N)ccc2c(=O)c1Cc1ccccc1)C(=O)NCCCN. The maximum atomic E-state index is 13.2. The highest BCUT2D eigenvalue weighted by atomic mass is 16.3. The number of carbonyl (C=O) groups is 1. The van der Waals surface area contributed by atoms with Crippen LogP contribution in [0.25, 0.3) is 11.0 Å². The van der Waals surface area contributed by atoms with Crippen LogP contribution < -0.4 is 16.5 Å². The fourth-order valence-electron chi connectivity index (χ4n) is 3.20. The third kappa shape index (κ3) is 4.94. The summed E-state index contributed by atoms with van der Waals surface area (Å²) in [5, 5.41) is 12.4. The Bertz CT molecular complexity index is 1130. The second kappa shape index (κ2) is 9.86. The molecule has 0 spiro atoms. The molecule has 6 heteroatoms. The van der Waals surface area contributed by atoms with Gasteiger partial charge in [0.25, 0.3) is 0 Å². The highest BCUT2D eigenvalue weighted by Gasteiger charge is 2.21. The van der Waals surface area contributed by atoms with Crippen LogP contribution >= 0.6 is 0 Å². The number of nitrogens with one attached hydrogen (secondary N) is 1. The smallest absolute Gasteiger partial charge is 0.223 e. The number of amides is 1. The lowest BCUT2D eigenvalue weighted by Crippen LogP contribution is -2.31. The quantitative estimate of drug-likeness (QED) is 0.563. The van der Waals surface area contributed by atoms with Crippen LogP contribution in [0.4, 0.5) is 0 Å². The lowest BCUT2D eigenvalue weighted by Gasteiger charge is -2.14. The molecule has 0 aliphatic rings. The van der Waals surface area contributed by atoms with E-state index in [1.807, 2.05) is 30.3 Å².